The Morgan fingerprint density at radius 2 is 1.87 bits per heavy atom. The summed E-state index contributed by atoms with van der Waals surface area (Å²) in [5, 5.41) is 11.5. The molecule has 7 nitrogen and oxygen atoms in total. The van der Waals surface area contributed by atoms with Crippen molar-refractivity contribution in [2.75, 3.05) is 44.3 Å². The fourth-order valence-corrected chi connectivity index (χ4v) is 4.18. The molecule has 31 heavy (non-hydrogen) atoms. The molecule has 0 unspecified atom stereocenters. The van der Waals surface area contributed by atoms with E-state index in [9.17, 15) is 13.2 Å². The van der Waals surface area contributed by atoms with Gasteiger partial charge in [0.2, 0.25) is 5.95 Å². The van der Waals surface area contributed by atoms with Gasteiger partial charge in [-0.1, -0.05) is 0 Å². The highest BCUT2D eigenvalue weighted by atomic mass is 32.1. The van der Waals surface area contributed by atoms with Gasteiger partial charge in [0.15, 0.2) is 0 Å². The van der Waals surface area contributed by atoms with Crippen molar-refractivity contribution in [2.45, 2.75) is 32.5 Å². The van der Waals surface area contributed by atoms with E-state index in [1.54, 1.807) is 11.3 Å². The molecule has 4 heterocycles. The summed E-state index contributed by atoms with van der Waals surface area (Å²) in [4.78, 5) is 23.4. The van der Waals surface area contributed by atoms with Crippen LogP contribution in [-0.4, -0.2) is 71.5 Å². The summed E-state index contributed by atoms with van der Waals surface area (Å²) in [6.45, 7) is 8.66. The Hall–Kier alpha value is -2.24. The normalized spacial score (nSPS) is 17.4. The van der Waals surface area contributed by atoms with E-state index < -0.39 is 12.1 Å². The number of halogens is 3. The quantitative estimate of drug-likeness (QED) is 0.758. The minimum absolute atomic E-state index is 0.772. The molecule has 0 aromatic carbocycles. The van der Waals surface area contributed by atoms with Crippen LogP contribution in [-0.2, 0) is 28.9 Å². The Balaban J connectivity index is 0.000000339. The van der Waals surface area contributed by atoms with Crippen molar-refractivity contribution >= 4 is 23.3 Å². The summed E-state index contributed by atoms with van der Waals surface area (Å²) in [5.41, 5.74) is 5.18. The zero-order valence-corrected chi connectivity index (χ0v) is 18.0. The van der Waals surface area contributed by atoms with E-state index in [4.69, 9.17) is 24.6 Å². The first-order chi connectivity index (χ1) is 14.7. The standard InChI is InChI=1S/C18H24N4OS.C2HF3O2/c1-14-16-2-5-21(12-15-4-11-24-13-15)6-3-17(16)20-18(19-14)22-7-9-23-10-8-22;3-2(4,5)1(6)7/h4,11,13H,2-3,5-10,12H2,1H3;(H,6,7). The van der Waals surface area contributed by atoms with E-state index in [0.717, 1.165) is 70.4 Å². The van der Waals surface area contributed by atoms with Gasteiger partial charge in [0, 0.05) is 44.8 Å². The van der Waals surface area contributed by atoms with Gasteiger partial charge in [-0.2, -0.15) is 24.5 Å². The number of aryl methyl sites for hydroxylation is 1. The number of thiophene rings is 1. The zero-order valence-electron chi connectivity index (χ0n) is 17.2. The lowest BCUT2D eigenvalue weighted by Gasteiger charge is -2.27. The van der Waals surface area contributed by atoms with E-state index in [0.29, 0.717) is 0 Å². The first-order valence-electron chi connectivity index (χ1n) is 9.96. The Labute approximate surface area is 182 Å². The lowest BCUT2D eigenvalue weighted by atomic mass is 10.1. The number of nitrogens with zero attached hydrogens (tertiary/aromatic N) is 4. The van der Waals surface area contributed by atoms with Crippen LogP contribution < -0.4 is 4.90 Å². The number of fused-ring (bicyclic) bond motifs is 1. The zero-order chi connectivity index (χ0) is 22.4. The molecule has 1 fully saturated rings. The molecular weight excluding hydrogens is 433 g/mol. The summed E-state index contributed by atoms with van der Waals surface area (Å²) < 4.78 is 37.2. The van der Waals surface area contributed by atoms with E-state index in [-0.39, 0.29) is 0 Å². The Bertz CT molecular complexity index is 871. The Morgan fingerprint density at radius 1 is 1.19 bits per heavy atom. The average Bonchev–Trinajstić information content (AvgIpc) is 3.15. The number of alkyl halides is 3. The maximum absolute atomic E-state index is 10.6. The van der Waals surface area contributed by atoms with Gasteiger partial charge in [0.1, 0.15) is 0 Å². The summed E-state index contributed by atoms with van der Waals surface area (Å²) >= 11 is 1.78. The third kappa shape index (κ3) is 6.62. The fraction of sp³-hybridized carbons (Fsp3) is 0.550. The highest BCUT2D eigenvalue weighted by molar-refractivity contribution is 7.07. The molecule has 2 aromatic rings. The molecule has 0 atom stereocenters. The van der Waals surface area contributed by atoms with Crippen LogP contribution in [0.2, 0.25) is 0 Å². The third-order valence-electron chi connectivity index (χ3n) is 5.15. The van der Waals surface area contributed by atoms with Crippen molar-refractivity contribution in [2.24, 2.45) is 0 Å². The van der Waals surface area contributed by atoms with Gasteiger partial charge in [0.05, 0.1) is 18.9 Å². The molecule has 2 aromatic heterocycles. The molecule has 4 rings (SSSR count). The van der Waals surface area contributed by atoms with Gasteiger partial charge >= 0.3 is 12.1 Å². The predicted octanol–water partition coefficient (Wildman–Crippen LogP) is 2.92. The monoisotopic (exact) mass is 458 g/mol. The fourth-order valence-electron chi connectivity index (χ4n) is 3.52. The molecule has 1 N–H and O–H groups in total. The molecule has 2 aliphatic rings. The smallest absolute Gasteiger partial charge is 0.475 e. The predicted molar refractivity (Wildman–Crippen MR) is 110 cm³/mol. The topological polar surface area (TPSA) is 78.8 Å². The number of anilines is 1. The van der Waals surface area contributed by atoms with Crippen LogP contribution >= 0.6 is 11.3 Å². The van der Waals surface area contributed by atoms with Gasteiger partial charge in [-0.25, -0.2) is 14.8 Å². The van der Waals surface area contributed by atoms with Crippen molar-refractivity contribution in [1.29, 1.82) is 0 Å². The van der Waals surface area contributed by atoms with Crippen LogP contribution in [0.1, 0.15) is 22.5 Å². The number of carboxylic acid groups (broad SMARTS) is 1. The second-order valence-electron chi connectivity index (χ2n) is 7.34. The molecule has 11 heteroatoms. The summed E-state index contributed by atoms with van der Waals surface area (Å²) in [6.07, 6.45) is -3.02. The van der Waals surface area contributed by atoms with Crippen molar-refractivity contribution in [3.05, 3.63) is 39.3 Å². The number of rotatable bonds is 3. The van der Waals surface area contributed by atoms with Gasteiger partial charge in [-0.05, 0) is 41.3 Å². The van der Waals surface area contributed by atoms with E-state index in [2.05, 4.69) is 33.6 Å². The minimum Gasteiger partial charge on any atom is -0.475 e. The lowest BCUT2D eigenvalue weighted by molar-refractivity contribution is -0.192. The Kier molecular flexibility index (Phi) is 7.84. The van der Waals surface area contributed by atoms with Crippen LogP contribution in [0.4, 0.5) is 19.1 Å². The Morgan fingerprint density at radius 3 is 2.48 bits per heavy atom. The first kappa shape index (κ1) is 23.4. The SMILES string of the molecule is Cc1nc(N2CCOCC2)nc2c1CCN(Cc1ccsc1)CC2.O=C(O)C(F)(F)F. The van der Waals surface area contributed by atoms with Crippen LogP contribution in [0.15, 0.2) is 16.8 Å². The van der Waals surface area contributed by atoms with E-state index >= 15 is 0 Å². The number of hydrogen-bond acceptors (Lipinski definition) is 7. The molecular formula is C20H25F3N4O3S. The largest absolute Gasteiger partial charge is 0.490 e. The molecule has 0 amide bonds. The lowest BCUT2D eigenvalue weighted by Crippen LogP contribution is -2.37. The number of aliphatic carboxylic acids is 1. The maximum atomic E-state index is 10.6. The van der Waals surface area contributed by atoms with E-state index in [1.165, 1.54) is 16.8 Å². The molecule has 1 saturated heterocycles. The van der Waals surface area contributed by atoms with Gasteiger partial charge in [0.25, 0.3) is 0 Å². The highest BCUT2D eigenvalue weighted by Gasteiger charge is 2.38. The van der Waals surface area contributed by atoms with Crippen molar-refractivity contribution in [1.82, 2.24) is 14.9 Å². The van der Waals surface area contributed by atoms with Crippen molar-refractivity contribution < 1.29 is 27.8 Å². The van der Waals surface area contributed by atoms with Crippen molar-refractivity contribution in [3.8, 4) is 0 Å². The average molecular weight is 459 g/mol. The number of carbonyl (C=O) groups is 1. The number of hydrogen-bond donors (Lipinski definition) is 1. The second-order valence-corrected chi connectivity index (χ2v) is 8.12. The summed E-state index contributed by atoms with van der Waals surface area (Å²) in [6, 6.07) is 2.23. The molecule has 0 saturated carbocycles. The molecule has 2 aliphatic heterocycles. The van der Waals surface area contributed by atoms with E-state index in [1.807, 2.05) is 0 Å². The molecule has 0 radical (unpaired) electrons. The van der Waals surface area contributed by atoms with Crippen molar-refractivity contribution in [3.63, 3.8) is 0 Å². The number of morpholine rings is 1. The molecule has 170 valence electrons. The van der Waals surface area contributed by atoms with Crippen LogP contribution in [0.3, 0.4) is 0 Å². The summed E-state index contributed by atoms with van der Waals surface area (Å²) in [5.74, 6) is -1.87. The third-order valence-corrected chi connectivity index (χ3v) is 5.89. The second kappa shape index (κ2) is 10.4. The number of carboxylic acids is 1. The molecule has 0 bridgehead atoms. The number of ether oxygens (including phenoxy) is 1. The highest BCUT2D eigenvalue weighted by Crippen LogP contribution is 2.22. The van der Waals surface area contributed by atoms with Crippen LogP contribution in [0.5, 0.6) is 0 Å². The van der Waals surface area contributed by atoms with Gasteiger partial charge in [-0.3, -0.25) is 4.90 Å². The maximum Gasteiger partial charge on any atom is 0.490 e. The molecule has 0 spiro atoms. The van der Waals surface area contributed by atoms with Crippen LogP contribution in [0, 0.1) is 6.92 Å². The van der Waals surface area contributed by atoms with Crippen LogP contribution in [0.25, 0.3) is 0 Å². The number of aromatic nitrogens is 2. The van der Waals surface area contributed by atoms with Gasteiger partial charge < -0.3 is 14.7 Å². The first-order valence-corrected chi connectivity index (χ1v) is 10.9. The minimum atomic E-state index is -5.08. The van der Waals surface area contributed by atoms with Gasteiger partial charge in [-0.15, -0.1) is 0 Å². The summed E-state index contributed by atoms with van der Waals surface area (Å²) in [7, 11) is 0. The molecule has 0 aliphatic carbocycles.